The summed E-state index contributed by atoms with van der Waals surface area (Å²) in [6.45, 7) is 7.27. The number of sulfonamides is 1. The number of amides is 1. The average Bonchev–Trinajstić information content (AvgIpc) is 2.88. The van der Waals surface area contributed by atoms with Crippen molar-refractivity contribution in [1.82, 2.24) is 14.5 Å². The lowest BCUT2D eigenvalue weighted by molar-refractivity contribution is -0.121. The van der Waals surface area contributed by atoms with Crippen LogP contribution in [-0.4, -0.2) is 49.7 Å². The summed E-state index contributed by atoms with van der Waals surface area (Å²) in [4.78, 5) is 15.4. The van der Waals surface area contributed by atoms with Gasteiger partial charge in [-0.3, -0.25) is 9.69 Å². The summed E-state index contributed by atoms with van der Waals surface area (Å²) in [5.74, 6) is 0.756. The number of nitrogens with zero attached hydrogens (tertiary/aromatic N) is 2. The van der Waals surface area contributed by atoms with Crippen LogP contribution in [0.3, 0.4) is 0 Å². The third-order valence-corrected chi connectivity index (χ3v) is 9.16. The number of carbonyl (C=O) groups is 1. The summed E-state index contributed by atoms with van der Waals surface area (Å²) in [7, 11) is -3.42. The molecule has 1 unspecified atom stereocenters. The monoisotopic (exact) mass is 497 g/mol. The van der Waals surface area contributed by atoms with E-state index in [1.165, 1.54) is 24.0 Å². The fraction of sp³-hybridized carbons (Fsp3) is 0.536. The molecule has 4 rings (SSSR count). The minimum atomic E-state index is -3.42. The largest absolute Gasteiger partial charge is 0.352 e. The molecule has 2 aliphatic heterocycles. The Morgan fingerprint density at radius 3 is 2.37 bits per heavy atom. The molecule has 2 saturated heterocycles. The SMILES string of the molecule is CC1CCCN(Cc2ccccc2CNC(=O)CCc2ccc(S(=O)(=O)N3CCCCC3)cc2)C1. The van der Waals surface area contributed by atoms with Gasteiger partial charge in [0.25, 0.3) is 0 Å². The lowest BCUT2D eigenvalue weighted by Gasteiger charge is -2.31. The van der Waals surface area contributed by atoms with Gasteiger partial charge in [0.05, 0.1) is 4.90 Å². The molecular weight excluding hydrogens is 458 g/mol. The van der Waals surface area contributed by atoms with E-state index in [9.17, 15) is 13.2 Å². The molecule has 2 aliphatic rings. The molecule has 0 spiro atoms. The number of nitrogens with one attached hydrogen (secondary N) is 1. The van der Waals surface area contributed by atoms with E-state index < -0.39 is 10.0 Å². The first-order chi connectivity index (χ1) is 16.9. The molecule has 0 aliphatic carbocycles. The van der Waals surface area contributed by atoms with Crippen LogP contribution >= 0.6 is 0 Å². The molecule has 0 saturated carbocycles. The van der Waals surface area contributed by atoms with Gasteiger partial charge in [0, 0.05) is 39.1 Å². The van der Waals surface area contributed by atoms with Gasteiger partial charge in [0.1, 0.15) is 0 Å². The van der Waals surface area contributed by atoms with Gasteiger partial charge < -0.3 is 5.32 Å². The lowest BCUT2D eigenvalue weighted by Crippen LogP contribution is -2.35. The fourth-order valence-electron chi connectivity index (χ4n) is 5.18. The number of rotatable bonds is 9. The number of benzene rings is 2. The van der Waals surface area contributed by atoms with Crippen molar-refractivity contribution in [2.75, 3.05) is 26.2 Å². The third-order valence-electron chi connectivity index (χ3n) is 7.25. The zero-order valence-corrected chi connectivity index (χ0v) is 21.7. The van der Waals surface area contributed by atoms with Crippen molar-refractivity contribution in [2.45, 2.75) is 69.9 Å². The highest BCUT2D eigenvalue weighted by Crippen LogP contribution is 2.22. The fourth-order valence-corrected chi connectivity index (χ4v) is 6.69. The first-order valence-corrected chi connectivity index (χ1v) is 14.5. The second-order valence-electron chi connectivity index (χ2n) is 10.1. The summed E-state index contributed by atoms with van der Waals surface area (Å²) in [5, 5.41) is 3.07. The average molecular weight is 498 g/mol. The zero-order chi connectivity index (χ0) is 24.7. The molecule has 0 radical (unpaired) electrons. The van der Waals surface area contributed by atoms with E-state index in [1.807, 2.05) is 18.2 Å². The quantitative estimate of drug-likeness (QED) is 0.560. The van der Waals surface area contributed by atoms with Gasteiger partial charge in [-0.05, 0) is 73.4 Å². The number of hydrogen-bond acceptors (Lipinski definition) is 4. The molecule has 0 bridgehead atoms. The summed E-state index contributed by atoms with van der Waals surface area (Å²) in [6.07, 6.45) is 6.47. The van der Waals surface area contributed by atoms with Gasteiger partial charge in [-0.15, -0.1) is 0 Å². The standard InChI is InChI=1S/C28H39N3O3S/c1-23-8-7-17-30(21-23)22-26-10-4-3-9-25(26)20-29-28(32)16-13-24-11-14-27(15-12-24)35(33,34)31-18-5-2-6-19-31/h3-4,9-12,14-15,23H,2,5-8,13,16-22H2,1H3,(H,29,32). The van der Waals surface area contributed by atoms with Crippen molar-refractivity contribution in [2.24, 2.45) is 5.92 Å². The molecular formula is C28H39N3O3S. The van der Waals surface area contributed by atoms with Crippen LogP contribution in [-0.2, 0) is 34.3 Å². The van der Waals surface area contributed by atoms with Crippen LogP contribution < -0.4 is 5.32 Å². The Bertz CT molecular complexity index is 1080. The smallest absolute Gasteiger partial charge is 0.243 e. The van der Waals surface area contributed by atoms with Crippen LogP contribution in [0.4, 0.5) is 0 Å². The number of aryl methyl sites for hydroxylation is 1. The third kappa shape index (κ3) is 7.15. The molecule has 2 heterocycles. The highest BCUT2D eigenvalue weighted by molar-refractivity contribution is 7.89. The zero-order valence-electron chi connectivity index (χ0n) is 20.9. The van der Waals surface area contributed by atoms with Crippen molar-refractivity contribution >= 4 is 15.9 Å². The molecule has 35 heavy (non-hydrogen) atoms. The van der Waals surface area contributed by atoms with E-state index >= 15 is 0 Å². The Balaban J connectivity index is 1.26. The summed E-state index contributed by atoms with van der Waals surface area (Å²) in [5.41, 5.74) is 3.43. The topological polar surface area (TPSA) is 69.7 Å². The normalized spacial score (nSPS) is 20.0. The molecule has 0 aromatic heterocycles. The Labute approximate surface area is 210 Å². The van der Waals surface area contributed by atoms with Crippen LogP contribution in [0.2, 0.25) is 0 Å². The molecule has 2 fully saturated rings. The van der Waals surface area contributed by atoms with Crippen molar-refractivity contribution in [1.29, 1.82) is 0 Å². The first kappa shape index (κ1) is 25.9. The minimum Gasteiger partial charge on any atom is -0.352 e. The van der Waals surface area contributed by atoms with Crippen molar-refractivity contribution in [3.05, 3.63) is 65.2 Å². The van der Waals surface area contributed by atoms with Crippen molar-refractivity contribution < 1.29 is 13.2 Å². The molecule has 190 valence electrons. The van der Waals surface area contributed by atoms with E-state index in [-0.39, 0.29) is 5.91 Å². The van der Waals surface area contributed by atoms with Gasteiger partial charge in [0.2, 0.25) is 15.9 Å². The maximum atomic E-state index is 12.8. The number of hydrogen-bond donors (Lipinski definition) is 1. The number of likely N-dealkylation sites (tertiary alicyclic amines) is 1. The Hall–Kier alpha value is -2.22. The second-order valence-corrected chi connectivity index (χ2v) is 12.1. The predicted octanol–water partition coefficient (Wildman–Crippen LogP) is 4.34. The second kappa shape index (κ2) is 12.2. The van der Waals surface area contributed by atoms with Crippen LogP contribution in [0.15, 0.2) is 53.4 Å². The van der Waals surface area contributed by atoms with Crippen LogP contribution in [0.1, 0.15) is 62.1 Å². The molecule has 1 atom stereocenters. The van der Waals surface area contributed by atoms with Crippen molar-refractivity contribution in [3.8, 4) is 0 Å². The van der Waals surface area contributed by atoms with Gasteiger partial charge in [-0.1, -0.05) is 49.7 Å². The molecule has 2 aromatic carbocycles. The van der Waals surface area contributed by atoms with Crippen LogP contribution in [0.25, 0.3) is 0 Å². The maximum absolute atomic E-state index is 12.8. The maximum Gasteiger partial charge on any atom is 0.243 e. The Morgan fingerprint density at radius 2 is 1.66 bits per heavy atom. The Morgan fingerprint density at radius 1 is 0.943 bits per heavy atom. The van der Waals surface area contributed by atoms with Crippen molar-refractivity contribution in [3.63, 3.8) is 0 Å². The number of carbonyl (C=O) groups excluding carboxylic acids is 1. The minimum absolute atomic E-state index is 0.0106. The predicted molar refractivity (Wildman–Crippen MR) is 139 cm³/mol. The van der Waals surface area contributed by atoms with Gasteiger partial charge in [-0.2, -0.15) is 4.31 Å². The van der Waals surface area contributed by atoms with Gasteiger partial charge >= 0.3 is 0 Å². The molecule has 7 heteroatoms. The van der Waals surface area contributed by atoms with E-state index in [2.05, 4.69) is 35.3 Å². The van der Waals surface area contributed by atoms with E-state index in [1.54, 1.807) is 16.4 Å². The first-order valence-electron chi connectivity index (χ1n) is 13.1. The molecule has 6 nitrogen and oxygen atoms in total. The van der Waals surface area contributed by atoms with E-state index in [4.69, 9.17) is 0 Å². The highest BCUT2D eigenvalue weighted by Gasteiger charge is 2.25. The van der Waals surface area contributed by atoms with E-state index in [0.717, 1.165) is 50.4 Å². The molecule has 2 aromatic rings. The van der Waals surface area contributed by atoms with Crippen LogP contribution in [0, 0.1) is 5.92 Å². The van der Waals surface area contributed by atoms with Gasteiger partial charge in [-0.25, -0.2) is 8.42 Å². The summed E-state index contributed by atoms with van der Waals surface area (Å²) < 4.78 is 27.2. The highest BCUT2D eigenvalue weighted by atomic mass is 32.2. The summed E-state index contributed by atoms with van der Waals surface area (Å²) >= 11 is 0. The molecule has 1 N–H and O–H groups in total. The van der Waals surface area contributed by atoms with Crippen LogP contribution in [0.5, 0.6) is 0 Å². The summed E-state index contributed by atoms with van der Waals surface area (Å²) in [6, 6.07) is 15.4. The lowest BCUT2D eigenvalue weighted by atomic mass is 9.99. The Kier molecular flexibility index (Phi) is 8.98. The van der Waals surface area contributed by atoms with E-state index in [0.29, 0.717) is 37.4 Å². The number of piperidine rings is 2. The molecule has 1 amide bonds. The van der Waals surface area contributed by atoms with Gasteiger partial charge in [0.15, 0.2) is 0 Å².